The Morgan fingerprint density at radius 3 is 1.89 bits per heavy atom. The molecule has 0 saturated heterocycles. The summed E-state index contributed by atoms with van der Waals surface area (Å²) < 4.78 is 0. The first-order valence-corrected chi connectivity index (χ1v) is 7.30. The van der Waals surface area contributed by atoms with Crippen molar-refractivity contribution in [2.45, 2.75) is 71.6 Å². The molecule has 108 valence electrons. The molecule has 0 amide bonds. The predicted octanol–water partition coefficient (Wildman–Crippen LogP) is 4.01. The second-order valence-corrected chi connectivity index (χ2v) is 6.68. The fourth-order valence-electron chi connectivity index (χ4n) is 2.27. The first-order chi connectivity index (χ1) is 8.74. The van der Waals surface area contributed by atoms with Gasteiger partial charge in [-0.2, -0.15) is 0 Å². The molecular weight excluding hydrogens is 234 g/mol. The van der Waals surface area contributed by atoms with Crippen LogP contribution in [-0.4, -0.2) is 16.7 Å². The Labute approximate surface area is 118 Å². The van der Waals surface area contributed by atoms with Gasteiger partial charge in [0, 0.05) is 11.6 Å². The van der Waals surface area contributed by atoms with E-state index in [2.05, 4.69) is 59.0 Å². The molecule has 0 radical (unpaired) electrons. The minimum absolute atomic E-state index is 0.0134. The van der Waals surface area contributed by atoms with E-state index in [-0.39, 0.29) is 11.6 Å². The maximum atomic E-state index is 10.5. The summed E-state index contributed by atoms with van der Waals surface area (Å²) in [6.45, 7) is 12.9. The van der Waals surface area contributed by atoms with Crippen molar-refractivity contribution in [3.05, 3.63) is 35.4 Å². The van der Waals surface area contributed by atoms with Crippen molar-refractivity contribution < 1.29 is 5.11 Å². The van der Waals surface area contributed by atoms with E-state index in [1.807, 2.05) is 12.1 Å². The third kappa shape index (κ3) is 4.96. The van der Waals surface area contributed by atoms with E-state index >= 15 is 0 Å². The molecule has 0 aliphatic carbocycles. The predicted molar refractivity (Wildman–Crippen MR) is 82.5 cm³/mol. The van der Waals surface area contributed by atoms with Gasteiger partial charge in [0.15, 0.2) is 0 Å². The molecule has 2 N–H and O–H groups in total. The van der Waals surface area contributed by atoms with Crippen LogP contribution < -0.4 is 5.32 Å². The van der Waals surface area contributed by atoms with Crippen LogP contribution in [0.3, 0.4) is 0 Å². The van der Waals surface area contributed by atoms with Gasteiger partial charge in [0.05, 0.1) is 6.10 Å². The highest BCUT2D eigenvalue weighted by molar-refractivity contribution is 5.26. The lowest BCUT2D eigenvalue weighted by atomic mass is 9.94. The van der Waals surface area contributed by atoms with Crippen LogP contribution in [-0.2, 0) is 0 Å². The molecule has 0 saturated carbocycles. The molecular formula is C17H29NO. The van der Waals surface area contributed by atoms with Crippen molar-refractivity contribution in [1.29, 1.82) is 0 Å². The molecule has 0 heterocycles. The van der Waals surface area contributed by atoms with E-state index in [4.69, 9.17) is 0 Å². The van der Waals surface area contributed by atoms with Gasteiger partial charge in [0.25, 0.3) is 0 Å². The van der Waals surface area contributed by atoms with E-state index in [1.165, 1.54) is 5.56 Å². The zero-order chi connectivity index (χ0) is 14.6. The van der Waals surface area contributed by atoms with E-state index in [9.17, 15) is 5.11 Å². The summed E-state index contributed by atoms with van der Waals surface area (Å²) in [5, 5.41) is 14.0. The highest BCUT2D eigenvalue weighted by Crippen LogP contribution is 2.23. The number of benzene rings is 1. The molecule has 0 bridgehead atoms. The van der Waals surface area contributed by atoms with Crippen LogP contribution in [0, 0.1) is 0 Å². The zero-order valence-electron chi connectivity index (χ0n) is 13.2. The smallest absolute Gasteiger partial charge is 0.0943 e. The number of nitrogens with one attached hydrogen (secondary N) is 1. The van der Waals surface area contributed by atoms with Gasteiger partial charge in [0.2, 0.25) is 0 Å². The molecule has 0 spiro atoms. The summed E-state index contributed by atoms with van der Waals surface area (Å²) >= 11 is 0. The highest BCUT2D eigenvalue weighted by Gasteiger charge is 2.23. The van der Waals surface area contributed by atoms with E-state index in [1.54, 1.807) is 0 Å². The maximum Gasteiger partial charge on any atom is 0.0943 e. The number of aliphatic hydroxyl groups excluding tert-OH is 1. The fraction of sp³-hybridized carbons (Fsp3) is 0.647. The van der Waals surface area contributed by atoms with Gasteiger partial charge in [-0.3, -0.25) is 0 Å². The Hall–Kier alpha value is -0.860. The van der Waals surface area contributed by atoms with Crippen molar-refractivity contribution in [3.63, 3.8) is 0 Å². The van der Waals surface area contributed by atoms with Crippen molar-refractivity contribution >= 4 is 0 Å². The minimum atomic E-state index is -0.453. The quantitative estimate of drug-likeness (QED) is 0.841. The number of rotatable bonds is 5. The molecule has 2 heteroatoms. The summed E-state index contributed by atoms with van der Waals surface area (Å²) in [4.78, 5) is 0. The van der Waals surface area contributed by atoms with Crippen molar-refractivity contribution in [3.8, 4) is 0 Å². The number of hydrogen-bond donors (Lipinski definition) is 2. The fourth-order valence-corrected chi connectivity index (χ4v) is 2.27. The Morgan fingerprint density at radius 2 is 1.53 bits per heavy atom. The van der Waals surface area contributed by atoms with Crippen molar-refractivity contribution in [2.24, 2.45) is 0 Å². The van der Waals surface area contributed by atoms with Crippen LogP contribution in [0.25, 0.3) is 0 Å². The Balaban J connectivity index is 2.82. The lowest BCUT2D eigenvalue weighted by Crippen LogP contribution is -2.46. The molecule has 0 aliphatic heterocycles. The Kier molecular flexibility index (Phi) is 5.57. The van der Waals surface area contributed by atoms with Crippen molar-refractivity contribution in [1.82, 2.24) is 5.32 Å². The zero-order valence-corrected chi connectivity index (χ0v) is 13.2. The third-order valence-corrected chi connectivity index (χ3v) is 3.38. The molecule has 1 aromatic rings. The molecule has 2 unspecified atom stereocenters. The molecule has 2 nitrogen and oxygen atoms in total. The highest BCUT2D eigenvalue weighted by atomic mass is 16.3. The summed E-state index contributed by atoms with van der Waals surface area (Å²) in [6.07, 6.45) is 0.454. The summed E-state index contributed by atoms with van der Waals surface area (Å²) in [5.74, 6) is 0.529. The second-order valence-electron chi connectivity index (χ2n) is 6.68. The van der Waals surface area contributed by atoms with Crippen LogP contribution in [0.5, 0.6) is 0 Å². The first-order valence-electron chi connectivity index (χ1n) is 7.30. The summed E-state index contributed by atoms with van der Waals surface area (Å²) in [7, 11) is 0. The summed E-state index contributed by atoms with van der Waals surface area (Å²) in [5.41, 5.74) is 2.32. The molecule has 1 rings (SSSR count). The Morgan fingerprint density at radius 1 is 1.05 bits per heavy atom. The van der Waals surface area contributed by atoms with E-state index in [0.29, 0.717) is 5.92 Å². The molecule has 1 aromatic carbocycles. The third-order valence-electron chi connectivity index (χ3n) is 3.38. The van der Waals surface area contributed by atoms with Gasteiger partial charge in [0.1, 0.15) is 0 Å². The topological polar surface area (TPSA) is 32.3 Å². The minimum Gasteiger partial charge on any atom is -0.387 e. The average molecular weight is 263 g/mol. The monoisotopic (exact) mass is 263 g/mol. The van der Waals surface area contributed by atoms with Gasteiger partial charge >= 0.3 is 0 Å². The first kappa shape index (κ1) is 16.2. The summed E-state index contributed by atoms with van der Waals surface area (Å²) in [6, 6.07) is 8.42. The standard InChI is InChI=1S/C17H29NO/c1-7-15(18-17(4,5)6)16(19)14-10-8-13(9-11-14)12(2)3/h8-12,15-16,18-19H,7H2,1-6H3. The van der Waals surface area contributed by atoms with Crippen LogP contribution >= 0.6 is 0 Å². The van der Waals surface area contributed by atoms with Gasteiger partial charge in [-0.05, 0) is 44.2 Å². The molecule has 0 fully saturated rings. The lowest BCUT2D eigenvalue weighted by molar-refractivity contribution is 0.111. The molecule has 2 atom stereocenters. The van der Waals surface area contributed by atoms with E-state index in [0.717, 1.165) is 12.0 Å². The van der Waals surface area contributed by atoms with Crippen LogP contribution in [0.15, 0.2) is 24.3 Å². The maximum absolute atomic E-state index is 10.5. The molecule has 0 aromatic heterocycles. The van der Waals surface area contributed by atoms with Crippen molar-refractivity contribution in [2.75, 3.05) is 0 Å². The molecule has 0 aliphatic rings. The largest absolute Gasteiger partial charge is 0.387 e. The van der Waals surface area contributed by atoms with Gasteiger partial charge in [-0.1, -0.05) is 45.0 Å². The van der Waals surface area contributed by atoms with Crippen LogP contribution in [0.2, 0.25) is 0 Å². The lowest BCUT2D eigenvalue weighted by Gasteiger charge is -2.31. The average Bonchev–Trinajstić information content (AvgIpc) is 2.34. The van der Waals surface area contributed by atoms with Gasteiger partial charge < -0.3 is 10.4 Å². The van der Waals surface area contributed by atoms with Crippen LogP contribution in [0.4, 0.5) is 0 Å². The van der Waals surface area contributed by atoms with Crippen LogP contribution in [0.1, 0.15) is 71.1 Å². The number of aliphatic hydroxyl groups is 1. The van der Waals surface area contributed by atoms with E-state index < -0.39 is 6.10 Å². The molecule has 19 heavy (non-hydrogen) atoms. The second kappa shape index (κ2) is 6.53. The normalized spacial score (nSPS) is 15.6. The van der Waals surface area contributed by atoms with Gasteiger partial charge in [-0.25, -0.2) is 0 Å². The number of hydrogen-bond acceptors (Lipinski definition) is 2. The Bertz CT molecular complexity index is 375. The van der Waals surface area contributed by atoms with Gasteiger partial charge in [-0.15, -0.1) is 0 Å². The SMILES string of the molecule is CCC(NC(C)(C)C)C(O)c1ccc(C(C)C)cc1.